The average Bonchev–Trinajstić information content (AvgIpc) is 3.04. The lowest BCUT2D eigenvalue weighted by Gasteiger charge is -2.13. The molecule has 0 saturated heterocycles. The summed E-state index contributed by atoms with van der Waals surface area (Å²) >= 11 is 0.804. The zero-order valence-corrected chi connectivity index (χ0v) is 15.9. The highest BCUT2D eigenvalue weighted by Crippen LogP contribution is 2.23. The van der Waals surface area contributed by atoms with E-state index in [0.717, 1.165) is 16.9 Å². The molecule has 0 saturated carbocycles. The topological polar surface area (TPSA) is 110 Å². The number of carbonyl (C=O) groups excluding carboxylic acids is 1. The van der Waals surface area contributed by atoms with Gasteiger partial charge in [0.2, 0.25) is 15.4 Å². The van der Waals surface area contributed by atoms with Crippen molar-refractivity contribution < 1.29 is 17.9 Å². The van der Waals surface area contributed by atoms with Crippen molar-refractivity contribution in [1.29, 1.82) is 0 Å². The molecular weight excluding hydrogens is 364 g/mol. The molecule has 0 aliphatic carbocycles. The molecule has 1 atom stereocenters. The average molecular weight is 384 g/mol. The van der Waals surface area contributed by atoms with Gasteiger partial charge in [-0.25, -0.2) is 13.1 Å². The number of hydrogen-bond acceptors (Lipinski definition) is 7. The number of anilines is 1. The van der Waals surface area contributed by atoms with Gasteiger partial charge in [0.15, 0.2) is 0 Å². The van der Waals surface area contributed by atoms with Crippen LogP contribution in [0.25, 0.3) is 0 Å². The summed E-state index contributed by atoms with van der Waals surface area (Å²) in [6.07, 6.45) is 0. The van der Waals surface area contributed by atoms with Gasteiger partial charge < -0.3 is 10.1 Å². The number of benzene rings is 1. The number of carbonyl (C=O) groups is 1. The molecule has 136 valence electrons. The van der Waals surface area contributed by atoms with Gasteiger partial charge in [-0.05, 0) is 24.6 Å². The summed E-state index contributed by atoms with van der Waals surface area (Å²) in [7, 11) is -2.28. The van der Waals surface area contributed by atoms with Crippen LogP contribution in [0.2, 0.25) is 0 Å². The van der Waals surface area contributed by atoms with Crippen LogP contribution in [0.1, 0.15) is 32.4 Å². The van der Waals surface area contributed by atoms with E-state index in [0.29, 0.717) is 5.75 Å². The zero-order chi connectivity index (χ0) is 18.6. The summed E-state index contributed by atoms with van der Waals surface area (Å²) in [6, 6.07) is 6.60. The Morgan fingerprint density at radius 2 is 1.80 bits per heavy atom. The quantitative estimate of drug-likeness (QED) is 0.708. The van der Waals surface area contributed by atoms with Crippen LogP contribution in [0, 0.1) is 5.92 Å². The van der Waals surface area contributed by atoms with E-state index in [2.05, 4.69) is 20.2 Å². The Labute approximate surface area is 150 Å². The Morgan fingerprint density at radius 3 is 2.36 bits per heavy atom. The fourth-order valence-electron chi connectivity index (χ4n) is 1.86. The number of sulfonamides is 1. The minimum atomic E-state index is -3.85. The Bertz CT molecular complexity index is 831. The van der Waals surface area contributed by atoms with Crippen LogP contribution >= 0.6 is 11.3 Å². The minimum Gasteiger partial charge on any atom is -0.497 e. The van der Waals surface area contributed by atoms with Crippen LogP contribution in [0.3, 0.4) is 0 Å². The van der Waals surface area contributed by atoms with Crippen LogP contribution in [0.15, 0.2) is 28.6 Å². The van der Waals surface area contributed by atoms with E-state index >= 15 is 0 Å². The van der Waals surface area contributed by atoms with Crippen LogP contribution in [-0.2, 0) is 14.8 Å². The van der Waals surface area contributed by atoms with E-state index in [-0.39, 0.29) is 21.3 Å². The molecule has 0 fully saturated rings. The molecule has 2 N–H and O–H groups in total. The molecule has 2 rings (SSSR count). The highest BCUT2D eigenvalue weighted by molar-refractivity contribution is 7.91. The van der Waals surface area contributed by atoms with Gasteiger partial charge >= 0.3 is 0 Å². The number of amides is 1. The van der Waals surface area contributed by atoms with E-state index in [4.69, 9.17) is 4.74 Å². The standard InChI is InChI=1S/C15H20N4O4S2/c1-9(2)13(20)16-14-17-18-15(24-14)25(21,22)19-10(3)11-5-7-12(23-4)8-6-11/h5-10,19H,1-4H3,(H,16,17,20). The monoisotopic (exact) mass is 384 g/mol. The van der Waals surface area contributed by atoms with E-state index in [1.807, 2.05) is 0 Å². The third-order valence-electron chi connectivity index (χ3n) is 3.34. The van der Waals surface area contributed by atoms with Gasteiger partial charge in [-0.3, -0.25) is 4.79 Å². The van der Waals surface area contributed by atoms with Gasteiger partial charge in [-0.2, -0.15) is 0 Å². The summed E-state index contributed by atoms with van der Waals surface area (Å²) in [5.41, 5.74) is 0.780. The van der Waals surface area contributed by atoms with Gasteiger partial charge in [0.25, 0.3) is 10.0 Å². The first kappa shape index (κ1) is 19.3. The first-order valence-electron chi connectivity index (χ1n) is 7.53. The Kier molecular flexibility index (Phi) is 6.09. The molecule has 0 spiro atoms. The van der Waals surface area contributed by atoms with Crippen molar-refractivity contribution in [3.05, 3.63) is 29.8 Å². The maximum absolute atomic E-state index is 12.4. The molecule has 1 unspecified atom stereocenters. The molecule has 0 bridgehead atoms. The number of rotatable bonds is 7. The molecule has 8 nitrogen and oxygen atoms in total. The molecule has 2 aromatic rings. The van der Waals surface area contributed by atoms with Crippen molar-refractivity contribution in [2.45, 2.75) is 31.2 Å². The summed E-state index contributed by atoms with van der Waals surface area (Å²) in [4.78, 5) is 11.6. The second kappa shape index (κ2) is 7.89. The SMILES string of the molecule is COc1ccc(C(C)NS(=O)(=O)c2nnc(NC(=O)C(C)C)s2)cc1. The molecule has 0 aliphatic heterocycles. The van der Waals surface area contributed by atoms with Crippen molar-refractivity contribution in [1.82, 2.24) is 14.9 Å². The van der Waals surface area contributed by atoms with E-state index in [1.54, 1.807) is 52.1 Å². The fraction of sp³-hybridized carbons (Fsp3) is 0.400. The number of nitrogens with zero attached hydrogens (tertiary/aromatic N) is 2. The Hall–Kier alpha value is -2.04. The number of nitrogens with one attached hydrogen (secondary N) is 2. The lowest BCUT2D eigenvalue weighted by atomic mass is 10.1. The highest BCUT2D eigenvalue weighted by Gasteiger charge is 2.24. The highest BCUT2D eigenvalue weighted by atomic mass is 32.2. The van der Waals surface area contributed by atoms with Gasteiger partial charge in [0.1, 0.15) is 5.75 Å². The Morgan fingerprint density at radius 1 is 1.16 bits per heavy atom. The molecule has 1 heterocycles. The van der Waals surface area contributed by atoms with Crippen molar-refractivity contribution in [3.63, 3.8) is 0 Å². The van der Waals surface area contributed by atoms with E-state index < -0.39 is 16.1 Å². The van der Waals surface area contributed by atoms with Gasteiger partial charge in [-0.1, -0.05) is 37.3 Å². The van der Waals surface area contributed by atoms with Crippen LogP contribution < -0.4 is 14.8 Å². The summed E-state index contributed by atoms with van der Waals surface area (Å²) in [6.45, 7) is 5.18. The van der Waals surface area contributed by atoms with Crippen molar-refractivity contribution in [2.24, 2.45) is 5.92 Å². The maximum atomic E-state index is 12.4. The predicted octanol–water partition coefficient (Wildman–Crippen LogP) is 2.18. The normalized spacial score (nSPS) is 12.8. The first-order valence-corrected chi connectivity index (χ1v) is 9.83. The van der Waals surface area contributed by atoms with Gasteiger partial charge in [0, 0.05) is 12.0 Å². The largest absolute Gasteiger partial charge is 0.497 e. The van der Waals surface area contributed by atoms with Crippen LogP contribution in [-0.4, -0.2) is 31.6 Å². The smallest absolute Gasteiger partial charge is 0.270 e. The van der Waals surface area contributed by atoms with Crippen LogP contribution in [0.4, 0.5) is 5.13 Å². The Balaban J connectivity index is 2.10. The summed E-state index contributed by atoms with van der Waals surface area (Å²) < 4.78 is 32.3. The molecule has 10 heteroatoms. The molecule has 0 radical (unpaired) electrons. The number of ether oxygens (including phenoxy) is 1. The van der Waals surface area contributed by atoms with E-state index in [9.17, 15) is 13.2 Å². The van der Waals surface area contributed by atoms with E-state index in [1.165, 1.54) is 0 Å². The molecule has 1 aromatic heterocycles. The third kappa shape index (κ3) is 4.97. The molecule has 0 aliphatic rings. The molecular formula is C15H20N4O4S2. The third-order valence-corrected chi connectivity index (χ3v) is 6.09. The molecule has 1 aromatic carbocycles. The lowest BCUT2D eigenvalue weighted by Crippen LogP contribution is -2.26. The maximum Gasteiger partial charge on any atom is 0.270 e. The number of hydrogen-bond donors (Lipinski definition) is 2. The van der Waals surface area contributed by atoms with Crippen molar-refractivity contribution in [2.75, 3.05) is 12.4 Å². The van der Waals surface area contributed by atoms with Crippen molar-refractivity contribution in [3.8, 4) is 5.75 Å². The summed E-state index contributed by atoms with van der Waals surface area (Å²) in [5.74, 6) is 0.199. The second-order valence-corrected chi connectivity index (χ2v) is 8.50. The second-order valence-electron chi connectivity index (χ2n) is 5.63. The summed E-state index contributed by atoms with van der Waals surface area (Å²) in [5, 5.41) is 10.0. The zero-order valence-electron chi connectivity index (χ0n) is 14.3. The van der Waals surface area contributed by atoms with Crippen LogP contribution in [0.5, 0.6) is 5.75 Å². The number of aromatic nitrogens is 2. The first-order chi connectivity index (χ1) is 11.7. The van der Waals surface area contributed by atoms with Gasteiger partial charge in [-0.15, -0.1) is 10.2 Å². The minimum absolute atomic E-state index is 0.149. The predicted molar refractivity (Wildman–Crippen MR) is 95.1 cm³/mol. The number of methoxy groups -OCH3 is 1. The van der Waals surface area contributed by atoms with Gasteiger partial charge in [0.05, 0.1) is 7.11 Å². The molecule has 25 heavy (non-hydrogen) atoms. The van der Waals surface area contributed by atoms with Crippen molar-refractivity contribution >= 4 is 32.4 Å². The fourth-order valence-corrected chi connectivity index (χ4v) is 4.01. The molecule has 1 amide bonds. The lowest BCUT2D eigenvalue weighted by molar-refractivity contribution is -0.118.